The fourth-order valence-electron chi connectivity index (χ4n) is 0.295. The molecule has 0 saturated carbocycles. The van der Waals surface area contributed by atoms with Crippen molar-refractivity contribution in [2.45, 2.75) is 6.43 Å². The van der Waals surface area contributed by atoms with Crippen LogP contribution in [0.2, 0.25) is 0 Å². The second-order valence-electron chi connectivity index (χ2n) is 1.34. The third kappa shape index (κ3) is 5.56. The van der Waals surface area contributed by atoms with Gasteiger partial charge in [0.1, 0.15) is 0 Å². The van der Waals surface area contributed by atoms with Gasteiger partial charge in [0.05, 0.1) is 6.54 Å². The van der Waals surface area contributed by atoms with Crippen LogP contribution in [0.3, 0.4) is 0 Å². The molecule has 0 heterocycles. The van der Waals surface area contributed by atoms with E-state index in [9.17, 15) is 8.78 Å². The molecule has 0 aliphatic carbocycles. The molecule has 0 rings (SSSR count). The number of rotatable bonds is 4. The van der Waals surface area contributed by atoms with E-state index in [4.69, 9.17) is 0 Å². The van der Waals surface area contributed by atoms with Gasteiger partial charge in [-0.1, -0.05) is 6.08 Å². The summed E-state index contributed by atoms with van der Waals surface area (Å²) < 4.78 is 22.5. The molecule has 0 fully saturated rings. The quantitative estimate of drug-likeness (QED) is 0.432. The summed E-state index contributed by atoms with van der Waals surface area (Å²) in [5.74, 6) is 0. The lowest BCUT2D eigenvalue weighted by Gasteiger charge is -1.96. The summed E-state index contributed by atoms with van der Waals surface area (Å²) >= 11 is 0. The van der Waals surface area contributed by atoms with E-state index < -0.39 is 6.43 Å². The molecule has 0 aromatic heterocycles. The molecule has 1 N–H and O–H groups in total. The average Bonchev–Trinajstić information content (AvgIpc) is 1.66. The van der Waals surface area contributed by atoms with Gasteiger partial charge in [-0.15, -0.1) is 6.58 Å². The van der Waals surface area contributed by atoms with E-state index in [1.807, 2.05) is 0 Å². The summed E-state index contributed by atoms with van der Waals surface area (Å²) in [5, 5.41) is 2.47. The first-order chi connectivity index (χ1) is 3.77. The lowest BCUT2D eigenvalue weighted by atomic mass is 10.6. The molecule has 0 spiro atoms. The molecule has 1 nitrogen and oxygen atoms in total. The molecule has 0 bridgehead atoms. The Balaban J connectivity index is 2.81. The standard InChI is InChI=1S/C5H9F2N/c1-2-3-8-4-5(6)7/h2,5,8H,1,3-4H2. The van der Waals surface area contributed by atoms with Crippen molar-refractivity contribution in [3.8, 4) is 0 Å². The van der Waals surface area contributed by atoms with E-state index >= 15 is 0 Å². The molecule has 3 heteroatoms. The first-order valence-electron chi connectivity index (χ1n) is 2.37. The van der Waals surface area contributed by atoms with Crippen molar-refractivity contribution in [3.05, 3.63) is 12.7 Å². The zero-order valence-corrected chi connectivity index (χ0v) is 4.53. The van der Waals surface area contributed by atoms with Crippen LogP contribution in [-0.2, 0) is 0 Å². The summed E-state index contributed by atoms with van der Waals surface area (Å²) in [4.78, 5) is 0. The summed E-state index contributed by atoms with van der Waals surface area (Å²) in [7, 11) is 0. The molecule has 0 amide bonds. The number of hydrogen-bond donors (Lipinski definition) is 1. The van der Waals surface area contributed by atoms with Crippen molar-refractivity contribution in [1.29, 1.82) is 0 Å². The summed E-state index contributed by atoms with van der Waals surface area (Å²) in [5.41, 5.74) is 0. The molecule has 48 valence electrons. The van der Waals surface area contributed by atoms with Crippen molar-refractivity contribution >= 4 is 0 Å². The molecule has 0 aromatic rings. The molecular weight excluding hydrogens is 112 g/mol. The Morgan fingerprint density at radius 2 is 2.25 bits per heavy atom. The van der Waals surface area contributed by atoms with Crippen molar-refractivity contribution in [1.82, 2.24) is 5.32 Å². The van der Waals surface area contributed by atoms with Crippen LogP contribution >= 0.6 is 0 Å². The van der Waals surface area contributed by atoms with Gasteiger partial charge in [-0.25, -0.2) is 8.78 Å². The molecule has 8 heavy (non-hydrogen) atoms. The SMILES string of the molecule is C=CCNCC(F)F. The number of hydrogen-bond acceptors (Lipinski definition) is 1. The van der Waals surface area contributed by atoms with Crippen LogP contribution in [0.15, 0.2) is 12.7 Å². The normalized spacial score (nSPS) is 9.88. The topological polar surface area (TPSA) is 12.0 Å². The highest BCUT2D eigenvalue weighted by molar-refractivity contribution is 4.69. The summed E-state index contributed by atoms with van der Waals surface area (Å²) in [6.45, 7) is 3.55. The monoisotopic (exact) mass is 121 g/mol. The Labute approximate surface area is 47.4 Å². The maximum atomic E-state index is 11.3. The molecule has 0 atom stereocenters. The van der Waals surface area contributed by atoms with E-state index in [2.05, 4.69) is 11.9 Å². The molecule has 0 unspecified atom stereocenters. The van der Waals surface area contributed by atoms with Crippen LogP contribution < -0.4 is 5.32 Å². The second kappa shape index (κ2) is 4.71. The van der Waals surface area contributed by atoms with Crippen LogP contribution in [-0.4, -0.2) is 19.5 Å². The first kappa shape index (κ1) is 7.56. The zero-order valence-electron chi connectivity index (χ0n) is 4.53. The highest BCUT2D eigenvalue weighted by Gasteiger charge is 1.97. The summed E-state index contributed by atoms with van der Waals surface area (Å²) in [6.07, 6.45) is -0.711. The van der Waals surface area contributed by atoms with Crippen molar-refractivity contribution < 1.29 is 8.78 Å². The maximum Gasteiger partial charge on any atom is 0.250 e. The molecule has 0 saturated heterocycles. The zero-order chi connectivity index (χ0) is 6.41. The van der Waals surface area contributed by atoms with Gasteiger partial charge >= 0.3 is 0 Å². The summed E-state index contributed by atoms with van der Waals surface area (Å²) in [6, 6.07) is 0. The minimum absolute atomic E-state index is 0.244. The van der Waals surface area contributed by atoms with E-state index in [-0.39, 0.29) is 6.54 Å². The number of alkyl halides is 2. The largest absolute Gasteiger partial charge is 0.308 e. The van der Waals surface area contributed by atoms with Crippen LogP contribution in [0, 0.1) is 0 Å². The Bertz CT molecular complexity index is 63.4. The first-order valence-corrected chi connectivity index (χ1v) is 2.37. The molecule has 0 aliphatic heterocycles. The fraction of sp³-hybridized carbons (Fsp3) is 0.600. The predicted molar refractivity (Wildman–Crippen MR) is 29.1 cm³/mol. The highest BCUT2D eigenvalue weighted by atomic mass is 19.3. The maximum absolute atomic E-state index is 11.3. The molecule has 0 aromatic carbocycles. The van der Waals surface area contributed by atoms with Crippen LogP contribution in [0.5, 0.6) is 0 Å². The fourth-order valence-corrected chi connectivity index (χ4v) is 0.295. The Kier molecular flexibility index (Phi) is 4.45. The third-order valence-electron chi connectivity index (χ3n) is 0.587. The van der Waals surface area contributed by atoms with Crippen molar-refractivity contribution in [2.75, 3.05) is 13.1 Å². The minimum atomic E-state index is -2.25. The van der Waals surface area contributed by atoms with Gasteiger partial charge in [0.15, 0.2) is 0 Å². The van der Waals surface area contributed by atoms with Crippen LogP contribution in [0.4, 0.5) is 8.78 Å². The second-order valence-corrected chi connectivity index (χ2v) is 1.34. The predicted octanol–water partition coefficient (Wildman–Crippen LogP) is 1.03. The molecular formula is C5H9F2N. The Hall–Kier alpha value is -0.440. The third-order valence-corrected chi connectivity index (χ3v) is 0.587. The Morgan fingerprint density at radius 3 is 2.62 bits per heavy atom. The number of halogens is 2. The lowest BCUT2D eigenvalue weighted by Crippen LogP contribution is -2.20. The smallest absolute Gasteiger partial charge is 0.250 e. The van der Waals surface area contributed by atoms with Gasteiger partial charge in [-0.05, 0) is 0 Å². The van der Waals surface area contributed by atoms with Gasteiger partial charge < -0.3 is 5.32 Å². The van der Waals surface area contributed by atoms with E-state index in [0.29, 0.717) is 6.54 Å². The lowest BCUT2D eigenvalue weighted by molar-refractivity contribution is 0.147. The molecule has 0 radical (unpaired) electrons. The van der Waals surface area contributed by atoms with Gasteiger partial charge in [-0.2, -0.15) is 0 Å². The van der Waals surface area contributed by atoms with Crippen LogP contribution in [0.1, 0.15) is 0 Å². The van der Waals surface area contributed by atoms with Gasteiger partial charge in [0.2, 0.25) is 0 Å². The van der Waals surface area contributed by atoms with Gasteiger partial charge in [0.25, 0.3) is 6.43 Å². The Morgan fingerprint density at radius 1 is 1.62 bits per heavy atom. The average molecular weight is 121 g/mol. The van der Waals surface area contributed by atoms with Crippen molar-refractivity contribution in [2.24, 2.45) is 0 Å². The van der Waals surface area contributed by atoms with E-state index in [1.54, 1.807) is 6.08 Å². The van der Waals surface area contributed by atoms with E-state index in [0.717, 1.165) is 0 Å². The molecule has 0 aliphatic rings. The van der Waals surface area contributed by atoms with E-state index in [1.165, 1.54) is 0 Å². The van der Waals surface area contributed by atoms with Gasteiger partial charge in [0, 0.05) is 6.54 Å². The van der Waals surface area contributed by atoms with Crippen LogP contribution in [0.25, 0.3) is 0 Å². The van der Waals surface area contributed by atoms with Crippen molar-refractivity contribution in [3.63, 3.8) is 0 Å². The minimum Gasteiger partial charge on any atom is -0.308 e. The highest BCUT2D eigenvalue weighted by Crippen LogP contribution is 1.86. The van der Waals surface area contributed by atoms with Gasteiger partial charge in [-0.3, -0.25) is 0 Å². The number of nitrogens with one attached hydrogen (secondary N) is 1.